The molecule has 3 aromatic rings. The predicted octanol–water partition coefficient (Wildman–Crippen LogP) is 10.1. The van der Waals surface area contributed by atoms with Crippen molar-refractivity contribution in [1.82, 2.24) is 0 Å². The molecule has 0 aliphatic rings. The lowest BCUT2D eigenvalue weighted by molar-refractivity contribution is 0.0472. The fourth-order valence-electron chi connectivity index (χ4n) is 5.18. The Kier molecular flexibility index (Phi) is 15.1. The smallest absolute Gasteiger partial charge is 0.338 e. The number of hydrogen-bond acceptors (Lipinski definition) is 5. The molecule has 0 amide bonds. The van der Waals surface area contributed by atoms with Gasteiger partial charge in [0.25, 0.3) is 0 Å². The summed E-state index contributed by atoms with van der Waals surface area (Å²) in [6.45, 7) is 10.2. The van der Waals surface area contributed by atoms with Crippen molar-refractivity contribution in [3.63, 3.8) is 0 Å². The zero-order valence-electron chi connectivity index (χ0n) is 27.0. The Balaban J connectivity index is 1.25. The first kappa shape index (κ1) is 34.6. The zero-order chi connectivity index (χ0) is 30.9. The Bertz CT molecular complexity index is 1190. The molecule has 0 spiro atoms. The number of carbonyl (C=O) groups excluding carboxylic acids is 1. The van der Waals surface area contributed by atoms with Gasteiger partial charge in [-0.3, -0.25) is 0 Å². The van der Waals surface area contributed by atoms with Gasteiger partial charge in [-0.15, -0.1) is 0 Å². The second-order valence-corrected chi connectivity index (χ2v) is 18.7. The molecule has 0 bridgehead atoms. The van der Waals surface area contributed by atoms with Gasteiger partial charge in [-0.25, -0.2) is 4.79 Å². The maximum absolute atomic E-state index is 12.5. The van der Waals surface area contributed by atoms with Gasteiger partial charge < -0.3 is 18.3 Å². The molecule has 43 heavy (non-hydrogen) atoms. The van der Waals surface area contributed by atoms with Crippen LogP contribution in [0.2, 0.25) is 32.2 Å². The van der Waals surface area contributed by atoms with E-state index >= 15 is 0 Å². The Labute approximate surface area is 262 Å². The topological polar surface area (TPSA) is 54.0 Å². The van der Waals surface area contributed by atoms with E-state index in [-0.39, 0.29) is 12.6 Å². The average Bonchev–Trinajstić information content (AvgIpc) is 3.00. The Morgan fingerprint density at radius 1 is 0.674 bits per heavy atom. The van der Waals surface area contributed by atoms with Crippen LogP contribution >= 0.6 is 0 Å². The van der Waals surface area contributed by atoms with Crippen molar-refractivity contribution < 1.29 is 23.1 Å². The molecule has 0 saturated heterocycles. The van der Waals surface area contributed by atoms with E-state index in [0.29, 0.717) is 5.56 Å². The van der Waals surface area contributed by atoms with Crippen molar-refractivity contribution in [2.75, 3.05) is 13.7 Å². The van der Waals surface area contributed by atoms with Gasteiger partial charge in [0, 0.05) is 0 Å². The summed E-state index contributed by atoms with van der Waals surface area (Å²) in [5.74, 6) is 1.34. The summed E-state index contributed by atoms with van der Waals surface area (Å²) in [6, 6.07) is 24.5. The second-order valence-electron chi connectivity index (χ2n) is 12.1. The number of unbranched alkanes of at least 4 members (excludes halogenated alkanes) is 8. The van der Waals surface area contributed by atoms with Gasteiger partial charge in [-0.1, -0.05) is 87.8 Å². The fourth-order valence-corrected chi connectivity index (χ4v) is 11.1. The summed E-state index contributed by atoms with van der Waals surface area (Å²) in [5.41, 5.74) is 3.58. The fraction of sp³-hybridized carbons (Fsp3) is 0.472. The highest BCUT2D eigenvalue weighted by Crippen LogP contribution is 2.24. The molecule has 0 unspecified atom stereocenters. The molecule has 233 valence electrons. The van der Waals surface area contributed by atoms with Gasteiger partial charge in [0.1, 0.15) is 18.1 Å². The van der Waals surface area contributed by atoms with Crippen LogP contribution < -0.4 is 9.47 Å². The SMILES string of the molecule is COc1ccc(COC(=O)c2ccc(-c3ccc(OCCCCCCCCCCC[Si](C)(C)O[Si](C)C)cc3)cc2)cc1. The number of ether oxygens (including phenoxy) is 3. The highest BCUT2D eigenvalue weighted by Gasteiger charge is 2.22. The minimum Gasteiger partial charge on any atom is -0.497 e. The molecule has 0 heterocycles. The van der Waals surface area contributed by atoms with Crippen molar-refractivity contribution in [3.8, 4) is 22.6 Å². The second kappa shape index (κ2) is 18.7. The quantitative estimate of drug-likeness (QED) is 0.0716. The van der Waals surface area contributed by atoms with E-state index in [4.69, 9.17) is 18.3 Å². The maximum atomic E-state index is 12.5. The number of rotatable bonds is 20. The summed E-state index contributed by atoms with van der Waals surface area (Å²) in [5, 5.41) is 0. The van der Waals surface area contributed by atoms with E-state index in [1.165, 1.54) is 57.4 Å². The van der Waals surface area contributed by atoms with Crippen molar-refractivity contribution in [2.24, 2.45) is 0 Å². The molecule has 0 atom stereocenters. The summed E-state index contributed by atoms with van der Waals surface area (Å²) >= 11 is 0. The van der Waals surface area contributed by atoms with E-state index in [2.05, 4.69) is 38.3 Å². The van der Waals surface area contributed by atoms with Crippen molar-refractivity contribution in [3.05, 3.63) is 83.9 Å². The van der Waals surface area contributed by atoms with Gasteiger partial charge in [-0.2, -0.15) is 0 Å². The number of carbonyl (C=O) groups is 1. The summed E-state index contributed by atoms with van der Waals surface area (Å²) < 4.78 is 22.8. The molecule has 0 saturated carbocycles. The number of methoxy groups -OCH3 is 1. The van der Waals surface area contributed by atoms with E-state index in [9.17, 15) is 4.79 Å². The van der Waals surface area contributed by atoms with E-state index in [1.807, 2.05) is 60.7 Å². The van der Waals surface area contributed by atoms with Crippen molar-refractivity contribution in [2.45, 2.75) is 96.6 Å². The highest BCUT2D eigenvalue weighted by molar-refractivity contribution is 6.77. The molecule has 0 aliphatic carbocycles. The third-order valence-electron chi connectivity index (χ3n) is 7.51. The third kappa shape index (κ3) is 13.5. The molecule has 0 aromatic heterocycles. The molecule has 0 N–H and O–H groups in total. The lowest BCUT2D eigenvalue weighted by Crippen LogP contribution is -2.34. The molecule has 0 fully saturated rings. The number of esters is 1. The van der Waals surface area contributed by atoms with Crippen LogP contribution in [0, 0.1) is 0 Å². The van der Waals surface area contributed by atoms with E-state index in [1.54, 1.807) is 7.11 Å². The Morgan fingerprint density at radius 2 is 1.19 bits per heavy atom. The average molecular weight is 620 g/mol. The van der Waals surface area contributed by atoms with Crippen molar-refractivity contribution in [1.29, 1.82) is 0 Å². The van der Waals surface area contributed by atoms with E-state index in [0.717, 1.165) is 41.2 Å². The zero-order valence-corrected chi connectivity index (χ0v) is 29.0. The largest absolute Gasteiger partial charge is 0.497 e. The van der Waals surface area contributed by atoms with Gasteiger partial charge in [0.2, 0.25) is 0 Å². The molecule has 7 heteroatoms. The monoisotopic (exact) mass is 619 g/mol. The van der Waals surface area contributed by atoms with Crippen molar-refractivity contribution >= 4 is 23.3 Å². The van der Waals surface area contributed by atoms with Crippen LogP contribution in [0.1, 0.15) is 73.7 Å². The van der Waals surface area contributed by atoms with Crippen LogP contribution in [-0.2, 0) is 15.5 Å². The van der Waals surface area contributed by atoms with Crippen LogP contribution in [0.5, 0.6) is 11.5 Å². The lowest BCUT2D eigenvalue weighted by Gasteiger charge is -2.25. The Hall–Kier alpha value is -2.88. The van der Waals surface area contributed by atoms with Crippen LogP contribution in [-0.4, -0.2) is 37.0 Å². The summed E-state index contributed by atoms with van der Waals surface area (Å²) in [4.78, 5) is 12.5. The standard InChI is InChI=1S/C36H51O5Si2/c1-38-34-23-15-30(16-24-34)29-40-36(37)33-19-17-31(18-20-33)32-21-25-35(26-22-32)39-27-13-11-9-7-6-8-10-12-14-28-43(4,5)41-42(2)3/h15-26H,6-14,27-29H2,1-5H3. The number of hydrogen-bond donors (Lipinski definition) is 0. The van der Waals surface area contributed by atoms with E-state index < -0.39 is 17.4 Å². The minimum atomic E-state index is -1.41. The van der Waals surface area contributed by atoms with Crippen LogP contribution in [0.25, 0.3) is 11.1 Å². The maximum Gasteiger partial charge on any atom is 0.338 e. The predicted molar refractivity (Wildman–Crippen MR) is 182 cm³/mol. The van der Waals surface area contributed by atoms with Gasteiger partial charge in [-0.05, 0) is 91.7 Å². The first-order valence-corrected chi connectivity index (χ1v) is 21.4. The summed E-state index contributed by atoms with van der Waals surface area (Å²) in [7, 11) is -0.335. The molecular formula is C36H51O5Si2. The summed E-state index contributed by atoms with van der Waals surface area (Å²) in [6.07, 6.45) is 11.7. The van der Waals surface area contributed by atoms with Gasteiger partial charge in [0.15, 0.2) is 17.4 Å². The highest BCUT2D eigenvalue weighted by atomic mass is 28.4. The lowest BCUT2D eigenvalue weighted by atomic mass is 10.0. The van der Waals surface area contributed by atoms with Crippen LogP contribution in [0.15, 0.2) is 72.8 Å². The molecular weight excluding hydrogens is 569 g/mol. The first-order chi connectivity index (χ1) is 20.8. The number of benzene rings is 3. The first-order valence-electron chi connectivity index (χ1n) is 15.9. The van der Waals surface area contributed by atoms with Gasteiger partial charge >= 0.3 is 5.97 Å². The van der Waals surface area contributed by atoms with Gasteiger partial charge in [0.05, 0.1) is 19.3 Å². The van der Waals surface area contributed by atoms with Crippen LogP contribution in [0.3, 0.4) is 0 Å². The third-order valence-corrected chi connectivity index (χ3v) is 12.9. The van der Waals surface area contributed by atoms with Crippen LogP contribution in [0.4, 0.5) is 0 Å². The molecule has 5 nitrogen and oxygen atoms in total. The normalized spacial score (nSPS) is 11.5. The molecule has 3 aromatic carbocycles. The molecule has 1 radical (unpaired) electrons. The molecule has 3 rings (SSSR count). The molecule has 0 aliphatic heterocycles. The Morgan fingerprint density at radius 3 is 1.74 bits per heavy atom. The minimum absolute atomic E-state index is 0.224.